The lowest BCUT2D eigenvalue weighted by Crippen LogP contribution is -2.13. The lowest BCUT2D eigenvalue weighted by Gasteiger charge is -2.15. The first-order valence-electron chi connectivity index (χ1n) is 6.36. The van der Waals surface area contributed by atoms with Crippen LogP contribution < -0.4 is 10.1 Å². The number of rotatable bonds is 6. The number of aryl methyl sites for hydroxylation is 1. The Labute approximate surface area is 104 Å². The maximum atomic E-state index is 5.72. The summed E-state index contributed by atoms with van der Waals surface area (Å²) in [6.45, 7) is 11.1. The molecule has 0 aliphatic carbocycles. The second kappa shape index (κ2) is 6.42. The summed E-state index contributed by atoms with van der Waals surface area (Å²) in [5.74, 6) is 2.42. The number of hydrogen-bond donors (Lipinski definition) is 1. The van der Waals surface area contributed by atoms with Gasteiger partial charge >= 0.3 is 0 Å². The van der Waals surface area contributed by atoms with Crippen molar-refractivity contribution in [3.05, 3.63) is 11.4 Å². The van der Waals surface area contributed by atoms with Gasteiger partial charge in [0.15, 0.2) is 0 Å². The van der Waals surface area contributed by atoms with E-state index in [4.69, 9.17) is 4.74 Å². The Hall–Kier alpha value is -1.32. The van der Waals surface area contributed by atoms with Gasteiger partial charge in [0, 0.05) is 13.0 Å². The second-order valence-electron chi connectivity index (χ2n) is 4.37. The van der Waals surface area contributed by atoms with Crippen LogP contribution in [0, 0.1) is 6.92 Å². The average molecular weight is 237 g/mol. The van der Waals surface area contributed by atoms with Gasteiger partial charge < -0.3 is 10.1 Å². The zero-order valence-corrected chi connectivity index (χ0v) is 11.5. The van der Waals surface area contributed by atoms with Gasteiger partial charge in [0.1, 0.15) is 11.6 Å². The normalized spacial score (nSPS) is 10.7. The Balaban J connectivity index is 3.02. The van der Waals surface area contributed by atoms with Gasteiger partial charge in [-0.3, -0.25) is 0 Å². The quantitative estimate of drug-likeness (QED) is 0.826. The molecule has 0 bridgehead atoms. The average Bonchev–Trinajstić information content (AvgIpc) is 2.29. The van der Waals surface area contributed by atoms with Crippen LogP contribution in [0.5, 0.6) is 5.88 Å². The summed E-state index contributed by atoms with van der Waals surface area (Å²) in [5, 5.41) is 3.32. The van der Waals surface area contributed by atoms with Gasteiger partial charge in [0.2, 0.25) is 5.88 Å². The summed E-state index contributed by atoms with van der Waals surface area (Å²) in [7, 11) is 0. The number of nitrogens with one attached hydrogen (secondary N) is 1. The fourth-order valence-electron chi connectivity index (χ4n) is 1.45. The highest BCUT2D eigenvalue weighted by Crippen LogP contribution is 2.23. The molecule has 0 saturated carbocycles. The molecule has 0 spiro atoms. The molecular weight excluding hydrogens is 214 g/mol. The highest BCUT2D eigenvalue weighted by molar-refractivity contribution is 5.48. The lowest BCUT2D eigenvalue weighted by atomic mass is 10.3. The highest BCUT2D eigenvalue weighted by atomic mass is 16.5. The molecule has 1 aromatic rings. The molecule has 1 aromatic heterocycles. The number of ether oxygens (including phenoxy) is 1. The van der Waals surface area contributed by atoms with Gasteiger partial charge in [-0.25, -0.2) is 4.98 Å². The molecule has 1 rings (SSSR count). The third-order valence-electron chi connectivity index (χ3n) is 2.35. The first-order valence-corrected chi connectivity index (χ1v) is 6.36. The Morgan fingerprint density at radius 3 is 2.47 bits per heavy atom. The van der Waals surface area contributed by atoms with E-state index in [1.165, 1.54) is 0 Å². The van der Waals surface area contributed by atoms with Gasteiger partial charge in [-0.1, -0.05) is 13.8 Å². The topological polar surface area (TPSA) is 47.0 Å². The Morgan fingerprint density at radius 1 is 1.24 bits per heavy atom. The van der Waals surface area contributed by atoms with E-state index in [2.05, 4.69) is 22.2 Å². The van der Waals surface area contributed by atoms with Gasteiger partial charge in [0.25, 0.3) is 0 Å². The minimum absolute atomic E-state index is 0.132. The Morgan fingerprint density at radius 2 is 1.94 bits per heavy atom. The molecule has 96 valence electrons. The molecule has 4 nitrogen and oxygen atoms in total. The van der Waals surface area contributed by atoms with Crippen LogP contribution in [0.25, 0.3) is 0 Å². The van der Waals surface area contributed by atoms with E-state index < -0.39 is 0 Å². The fourth-order valence-corrected chi connectivity index (χ4v) is 1.45. The van der Waals surface area contributed by atoms with Crippen molar-refractivity contribution in [2.45, 2.75) is 53.6 Å². The van der Waals surface area contributed by atoms with Crippen LogP contribution in [0.15, 0.2) is 0 Å². The van der Waals surface area contributed by atoms with Crippen LogP contribution in [-0.2, 0) is 6.42 Å². The summed E-state index contributed by atoms with van der Waals surface area (Å²) >= 11 is 0. The molecule has 0 aliphatic heterocycles. The number of aromatic nitrogens is 2. The van der Waals surface area contributed by atoms with E-state index >= 15 is 0 Å². The van der Waals surface area contributed by atoms with E-state index in [1.54, 1.807) is 0 Å². The van der Waals surface area contributed by atoms with Gasteiger partial charge in [-0.2, -0.15) is 4.98 Å². The standard InChI is InChI=1S/C13H23N3O/c1-6-8-14-12-10(5)13(17-9(3)4)16-11(7-2)15-12/h9H,6-8H2,1-5H3,(H,14,15,16). The maximum Gasteiger partial charge on any atom is 0.222 e. The highest BCUT2D eigenvalue weighted by Gasteiger charge is 2.12. The van der Waals surface area contributed by atoms with E-state index in [1.807, 2.05) is 27.7 Å². The molecule has 4 heteroatoms. The van der Waals surface area contributed by atoms with Crippen LogP contribution in [0.4, 0.5) is 5.82 Å². The molecule has 0 unspecified atom stereocenters. The number of nitrogens with zero attached hydrogens (tertiary/aromatic N) is 2. The summed E-state index contributed by atoms with van der Waals surface area (Å²) < 4.78 is 5.72. The number of hydrogen-bond acceptors (Lipinski definition) is 4. The summed E-state index contributed by atoms with van der Waals surface area (Å²) in [6, 6.07) is 0. The van der Waals surface area contributed by atoms with Crippen molar-refractivity contribution in [3.8, 4) is 5.88 Å². The van der Waals surface area contributed by atoms with Crippen LogP contribution in [0.3, 0.4) is 0 Å². The molecular formula is C13H23N3O. The zero-order valence-electron chi connectivity index (χ0n) is 11.5. The Kier molecular flexibility index (Phi) is 5.19. The molecule has 0 fully saturated rings. The van der Waals surface area contributed by atoms with Crippen molar-refractivity contribution in [3.63, 3.8) is 0 Å². The Bertz CT molecular complexity index is 364. The predicted molar refractivity (Wildman–Crippen MR) is 70.7 cm³/mol. The van der Waals surface area contributed by atoms with Crippen LogP contribution in [0.1, 0.15) is 45.5 Å². The predicted octanol–water partition coefficient (Wildman–Crippen LogP) is 2.96. The van der Waals surface area contributed by atoms with Crippen molar-refractivity contribution in [1.29, 1.82) is 0 Å². The van der Waals surface area contributed by atoms with E-state index in [-0.39, 0.29) is 6.10 Å². The molecule has 0 aromatic carbocycles. The molecule has 1 N–H and O–H groups in total. The number of anilines is 1. The summed E-state index contributed by atoms with van der Waals surface area (Å²) in [6.07, 6.45) is 2.02. The van der Waals surface area contributed by atoms with Gasteiger partial charge in [-0.15, -0.1) is 0 Å². The summed E-state index contributed by atoms with van der Waals surface area (Å²) in [4.78, 5) is 8.92. The first kappa shape index (κ1) is 13.7. The lowest BCUT2D eigenvalue weighted by molar-refractivity contribution is 0.230. The van der Waals surface area contributed by atoms with Crippen molar-refractivity contribution in [2.75, 3.05) is 11.9 Å². The maximum absolute atomic E-state index is 5.72. The molecule has 0 atom stereocenters. The molecule has 0 amide bonds. The van der Waals surface area contributed by atoms with Crippen LogP contribution in [-0.4, -0.2) is 22.6 Å². The monoisotopic (exact) mass is 237 g/mol. The minimum Gasteiger partial charge on any atom is -0.475 e. The van der Waals surface area contributed by atoms with Crippen molar-refractivity contribution in [2.24, 2.45) is 0 Å². The van der Waals surface area contributed by atoms with Crippen molar-refractivity contribution < 1.29 is 4.74 Å². The SMILES string of the molecule is CCCNc1nc(CC)nc(OC(C)C)c1C. The van der Waals surface area contributed by atoms with E-state index in [0.29, 0.717) is 5.88 Å². The van der Waals surface area contributed by atoms with Crippen LogP contribution in [0.2, 0.25) is 0 Å². The fraction of sp³-hybridized carbons (Fsp3) is 0.692. The molecule has 1 heterocycles. The third kappa shape index (κ3) is 3.88. The summed E-state index contributed by atoms with van der Waals surface area (Å²) in [5.41, 5.74) is 0.990. The molecule has 0 aliphatic rings. The van der Waals surface area contributed by atoms with E-state index in [9.17, 15) is 0 Å². The third-order valence-corrected chi connectivity index (χ3v) is 2.35. The zero-order chi connectivity index (χ0) is 12.8. The molecule has 17 heavy (non-hydrogen) atoms. The largest absolute Gasteiger partial charge is 0.475 e. The van der Waals surface area contributed by atoms with Gasteiger partial charge in [-0.05, 0) is 27.2 Å². The van der Waals surface area contributed by atoms with E-state index in [0.717, 1.165) is 36.6 Å². The smallest absolute Gasteiger partial charge is 0.222 e. The second-order valence-corrected chi connectivity index (χ2v) is 4.37. The minimum atomic E-state index is 0.132. The molecule has 0 saturated heterocycles. The van der Waals surface area contributed by atoms with Gasteiger partial charge in [0.05, 0.1) is 11.7 Å². The van der Waals surface area contributed by atoms with Crippen LogP contribution >= 0.6 is 0 Å². The van der Waals surface area contributed by atoms with Crippen molar-refractivity contribution >= 4 is 5.82 Å². The molecule has 0 radical (unpaired) electrons. The van der Waals surface area contributed by atoms with Crippen molar-refractivity contribution in [1.82, 2.24) is 9.97 Å². The first-order chi connectivity index (χ1) is 8.08.